The van der Waals surface area contributed by atoms with E-state index in [0.29, 0.717) is 35.1 Å². The van der Waals surface area contributed by atoms with Crippen molar-refractivity contribution in [2.45, 2.75) is 6.42 Å². The standard InChI is InChI=1S/C20H22FN9O/c1-31-15-4-2-3-14-17(15)26-19(22)30-18(14)25-16(27-30)5-6-28-7-9-29(10-8-28)20-23-11-13(21)12-24-20/h2-4,11-12H,5-10H2,1H3,(H2,22,26). The molecule has 1 aromatic carbocycles. The topological polar surface area (TPSA) is 111 Å². The highest BCUT2D eigenvalue weighted by molar-refractivity contribution is 5.95. The van der Waals surface area contributed by atoms with Crippen LogP contribution in [0.4, 0.5) is 16.3 Å². The van der Waals surface area contributed by atoms with E-state index in [2.05, 4.69) is 29.9 Å². The number of aromatic nitrogens is 6. The van der Waals surface area contributed by atoms with Gasteiger partial charge in [0.15, 0.2) is 17.3 Å². The molecule has 0 aliphatic carbocycles. The Morgan fingerprint density at radius 1 is 1.10 bits per heavy atom. The van der Waals surface area contributed by atoms with E-state index in [0.717, 1.165) is 38.1 Å². The van der Waals surface area contributed by atoms with Crippen LogP contribution in [-0.2, 0) is 6.42 Å². The molecule has 0 atom stereocenters. The number of para-hydroxylation sites is 1. The van der Waals surface area contributed by atoms with E-state index in [4.69, 9.17) is 15.5 Å². The molecule has 5 rings (SSSR count). The minimum absolute atomic E-state index is 0.277. The Kier molecular flexibility index (Phi) is 4.94. The predicted octanol–water partition coefficient (Wildman–Crippen LogP) is 1.16. The number of hydrogen-bond donors (Lipinski definition) is 1. The lowest BCUT2D eigenvalue weighted by atomic mass is 10.2. The van der Waals surface area contributed by atoms with Gasteiger partial charge in [0, 0.05) is 44.5 Å². The van der Waals surface area contributed by atoms with Gasteiger partial charge in [-0.3, -0.25) is 4.90 Å². The summed E-state index contributed by atoms with van der Waals surface area (Å²) in [6.07, 6.45) is 3.09. The van der Waals surface area contributed by atoms with Crippen LogP contribution in [0.1, 0.15) is 5.82 Å². The number of nitrogens with zero attached hydrogens (tertiary/aromatic N) is 8. The summed E-state index contributed by atoms with van der Waals surface area (Å²) >= 11 is 0. The fourth-order valence-corrected chi connectivity index (χ4v) is 3.84. The lowest BCUT2D eigenvalue weighted by Crippen LogP contribution is -2.47. The summed E-state index contributed by atoms with van der Waals surface area (Å²) in [7, 11) is 1.61. The highest BCUT2D eigenvalue weighted by Gasteiger charge is 2.20. The SMILES string of the molecule is COc1cccc2c1nc(N)n1nc(CCN3CCN(c4ncc(F)cn4)CC3)nc21. The number of rotatable bonds is 5. The van der Waals surface area contributed by atoms with Crippen molar-refractivity contribution in [3.63, 3.8) is 0 Å². The molecule has 1 fully saturated rings. The maximum absolute atomic E-state index is 13.0. The van der Waals surface area contributed by atoms with Crippen LogP contribution >= 0.6 is 0 Å². The summed E-state index contributed by atoms with van der Waals surface area (Å²) < 4.78 is 20.0. The van der Waals surface area contributed by atoms with Gasteiger partial charge in [-0.05, 0) is 12.1 Å². The van der Waals surface area contributed by atoms with E-state index in [1.807, 2.05) is 18.2 Å². The Bertz CT molecular complexity index is 1220. The Labute approximate surface area is 177 Å². The second-order valence-electron chi connectivity index (χ2n) is 7.37. The average molecular weight is 423 g/mol. The molecule has 3 aromatic heterocycles. The highest BCUT2D eigenvalue weighted by Crippen LogP contribution is 2.27. The molecule has 1 aliphatic rings. The van der Waals surface area contributed by atoms with Crippen LogP contribution in [-0.4, -0.2) is 74.3 Å². The van der Waals surface area contributed by atoms with E-state index in [1.54, 1.807) is 11.6 Å². The van der Waals surface area contributed by atoms with Gasteiger partial charge in [-0.2, -0.15) is 4.52 Å². The normalized spacial score (nSPS) is 15.1. The number of piperazine rings is 1. The summed E-state index contributed by atoms with van der Waals surface area (Å²) in [5, 5.41) is 5.41. The largest absolute Gasteiger partial charge is 0.494 e. The summed E-state index contributed by atoms with van der Waals surface area (Å²) in [6, 6.07) is 5.69. The first-order valence-electron chi connectivity index (χ1n) is 10.0. The summed E-state index contributed by atoms with van der Waals surface area (Å²) in [4.78, 5) is 21.7. The van der Waals surface area contributed by atoms with Crippen LogP contribution in [0.2, 0.25) is 0 Å². The van der Waals surface area contributed by atoms with Crippen molar-refractivity contribution < 1.29 is 9.13 Å². The fraction of sp³-hybridized carbons (Fsp3) is 0.350. The second-order valence-corrected chi connectivity index (χ2v) is 7.37. The Morgan fingerprint density at radius 3 is 2.61 bits per heavy atom. The van der Waals surface area contributed by atoms with Gasteiger partial charge in [0.25, 0.3) is 0 Å². The summed E-state index contributed by atoms with van der Waals surface area (Å²) in [6.45, 7) is 4.11. The molecule has 10 nitrogen and oxygen atoms in total. The van der Waals surface area contributed by atoms with Crippen molar-refractivity contribution >= 4 is 28.4 Å². The zero-order chi connectivity index (χ0) is 21.4. The maximum atomic E-state index is 13.0. The molecule has 0 radical (unpaired) electrons. The van der Waals surface area contributed by atoms with Crippen LogP contribution in [0.25, 0.3) is 16.6 Å². The number of benzene rings is 1. The van der Waals surface area contributed by atoms with Gasteiger partial charge in [-0.1, -0.05) is 6.07 Å². The number of nitrogens with two attached hydrogens (primary N) is 1. The third-order valence-corrected chi connectivity index (χ3v) is 5.47. The Morgan fingerprint density at radius 2 is 1.87 bits per heavy atom. The first-order chi connectivity index (χ1) is 15.1. The van der Waals surface area contributed by atoms with Gasteiger partial charge in [0.1, 0.15) is 11.3 Å². The van der Waals surface area contributed by atoms with Crippen LogP contribution < -0.4 is 15.4 Å². The van der Waals surface area contributed by atoms with Crippen LogP contribution in [0.15, 0.2) is 30.6 Å². The van der Waals surface area contributed by atoms with Gasteiger partial charge >= 0.3 is 0 Å². The van der Waals surface area contributed by atoms with Gasteiger partial charge in [0.2, 0.25) is 11.9 Å². The molecule has 160 valence electrons. The monoisotopic (exact) mass is 423 g/mol. The van der Waals surface area contributed by atoms with Gasteiger partial charge in [-0.25, -0.2) is 24.3 Å². The highest BCUT2D eigenvalue weighted by atomic mass is 19.1. The predicted molar refractivity (Wildman–Crippen MR) is 114 cm³/mol. The number of anilines is 2. The molecule has 0 amide bonds. The molecule has 1 aliphatic heterocycles. The molecule has 0 unspecified atom stereocenters. The van der Waals surface area contributed by atoms with Gasteiger partial charge in [0.05, 0.1) is 19.5 Å². The molecule has 11 heteroatoms. The molecule has 4 heterocycles. The quantitative estimate of drug-likeness (QED) is 0.505. The van der Waals surface area contributed by atoms with Crippen molar-refractivity contribution in [3.8, 4) is 5.75 Å². The average Bonchev–Trinajstić information content (AvgIpc) is 3.24. The molecular weight excluding hydrogens is 401 g/mol. The molecule has 0 saturated carbocycles. The molecule has 31 heavy (non-hydrogen) atoms. The minimum atomic E-state index is -0.426. The van der Waals surface area contributed by atoms with E-state index in [9.17, 15) is 4.39 Å². The molecule has 1 saturated heterocycles. The van der Waals surface area contributed by atoms with E-state index in [-0.39, 0.29) is 5.95 Å². The minimum Gasteiger partial charge on any atom is -0.494 e. The van der Waals surface area contributed by atoms with Crippen molar-refractivity contribution in [3.05, 3.63) is 42.2 Å². The Balaban J connectivity index is 1.28. The van der Waals surface area contributed by atoms with Crippen molar-refractivity contribution in [1.29, 1.82) is 0 Å². The summed E-state index contributed by atoms with van der Waals surface area (Å²) in [5.41, 5.74) is 7.47. The smallest absolute Gasteiger partial charge is 0.225 e. The lowest BCUT2D eigenvalue weighted by Gasteiger charge is -2.34. The van der Waals surface area contributed by atoms with Gasteiger partial charge < -0.3 is 15.4 Å². The number of halogens is 1. The van der Waals surface area contributed by atoms with Crippen LogP contribution in [0, 0.1) is 5.82 Å². The maximum Gasteiger partial charge on any atom is 0.225 e. The number of hydrogen-bond acceptors (Lipinski definition) is 9. The number of nitrogen functional groups attached to an aromatic ring is 1. The van der Waals surface area contributed by atoms with E-state index < -0.39 is 5.82 Å². The van der Waals surface area contributed by atoms with Crippen molar-refractivity contribution in [2.24, 2.45) is 0 Å². The molecule has 4 aromatic rings. The van der Waals surface area contributed by atoms with Gasteiger partial charge in [-0.15, -0.1) is 5.10 Å². The zero-order valence-electron chi connectivity index (χ0n) is 17.1. The third kappa shape index (κ3) is 3.67. The second kappa shape index (κ2) is 7.91. The number of ether oxygens (including phenoxy) is 1. The fourth-order valence-electron chi connectivity index (χ4n) is 3.84. The first kappa shape index (κ1) is 19.4. The van der Waals surface area contributed by atoms with Crippen molar-refractivity contribution in [2.75, 3.05) is 50.5 Å². The van der Waals surface area contributed by atoms with Crippen LogP contribution in [0.3, 0.4) is 0 Å². The first-order valence-corrected chi connectivity index (χ1v) is 10.0. The lowest BCUT2D eigenvalue weighted by molar-refractivity contribution is 0.258. The molecule has 0 spiro atoms. The number of methoxy groups -OCH3 is 1. The molecular formula is C20H22FN9O. The number of fused-ring (bicyclic) bond motifs is 3. The molecule has 2 N–H and O–H groups in total. The molecule has 0 bridgehead atoms. The Hall–Kier alpha value is -3.60. The van der Waals surface area contributed by atoms with Crippen molar-refractivity contribution in [1.82, 2.24) is 34.4 Å². The van der Waals surface area contributed by atoms with E-state index in [1.165, 1.54) is 12.4 Å². The third-order valence-electron chi connectivity index (χ3n) is 5.47. The van der Waals surface area contributed by atoms with Crippen LogP contribution in [0.5, 0.6) is 5.75 Å². The summed E-state index contributed by atoms with van der Waals surface area (Å²) in [5.74, 6) is 1.78. The zero-order valence-corrected chi connectivity index (χ0v) is 17.1. The van der Waals surface area contributed by atoms with E-state index >= 15 is 0 Å².